The highest BCUT2D eigenvalue weighted by atomic mass is 32.2. The molecule has 0 radical (unpaired) electrons. The van der Waals surface area contributed by atoms with Crippen LogP contribution in [0.15, 0.2) is 65.8 Å². The standard InChI is InChI=1S/C17H17N5O4S/c1-2-21(14-6-4-3-5-7-14)27(25,26)15-8-9-16(17(10-15)22(23)24)20-13-11-18-19-12-13/h3-12,20H,2H2,1H3,(H,18,19). The Hall–Kier alpha value is -3.40. The van der Waals surface area contributed by atoms with Crippen LogP contribution in [-0.4, -0.2) is 30.1 Å². The van der Waals surface area contributed by atoms with Crippen LogP contribution in [0.3, 0.4) is 0 Å². The molecule has 2 N–H and O–H groups in total. The van der Waals surface area contributed by atoms with Crippen LogP contribution in [0.1, 0.15) is 6.92 Å². The number of hydrogen-bond donors (Lipinski definition) is 2. The summed E-state index contributed by atoms with van der Waals surface area (Å²) >= 11 is 0. The van der Waals surface area contributed by atoms with Crippen molar-refractivity contribution in [2.45, 2.75) is 11.8 Å². The van der Waals surface area contributed by atoms with E-state index in [4.69, 9.17) is 0 Å². The average Bonchev–Trinajstić information content (AvgIpc) is 3.16. The summed E-state index contributed by atoms with van der Waals surface area (Å²) in [7, 11) is -3.96. The van der Waals surface area contributed by atoms with Crippen LogP contribution in [0.5, 0.6) is 0 Å². The fourth-order valence-electron chi connectivity index (χ4n) is 2.62. The molecule has 0 aliphatic heterocycles. The summed E-state index contributed by atoms with van der Waals surface area (Å²) in [6.07, 6.45) is 2.99. The van der Waals surface area contributed by atoms with Crippen molar-refractivity contribution < 1.29 is 13.3 Å². The highest BCUT2D eigenvalue weighted by molar-refractivity contribution is 7.92. The van der Waals surface area contributed by atoms with Gasteiger partial charge in [-0.3, -0.25) is 19.5 Å². The molecule has 2 aromatic carbocycles. The van der Waals surface area contributed by atoms with Gasteiger partial charge in [-0.15, -0.1) is 0 Å². The van der Waals surface area contributed by atoms with Gasteiger partial charge < -0.3 is 5.32 Å². The Morgan fingerprint density at radius 1 is 1.22 bits per heavy atom. The third kappa shape index (κ3) is 3.75. The second-order valence-corrected chi connectivity index (χ2v) is 7.42. The van der Waals surface area contributed by atoms with E-state index in [2.05, 4.69) is 15.5 Å². The first-order valence-corrected chi connectivity index (χ1v) is 9.49. The minimum atomic E-state index is -3.96. The first-order chi connectivity index (χ1) is 12.9. The van der Waals surface area contributed by atoms with Crippen molar-refractivity contribution >= 4 is 32.8 Å². The van der Waals surface area contributed by atoms with Crippen LogP contribution in [0.25, 0.3) is 0 Å². The number of nitrogens with zero attached hydrogens (tertiary/aromatic N) is 3. The predicted octanol–water partition coefficient (Wildman–Crippen LogP) is 3.28. The lowest BCUT2D eigenvalue weighted by molar-refractivity contribution is -0.384. The number of aromatic nitrogens is 2. The van der Waals surface area contributed by atoms with E-state index in [0.717, 1.165) is 6.07 Å². The molecule has 0 fully saturated rings. The van der Waals surface area contributed by atoms with Gasteiger partial charge in [0.05, 0.1) is 27.4 Å². The van der Waals surface area contributed by atoms with Crippen LogP contribution in [0, 0.1) is 10.1 Å². The van der Waals surface area contributed by atoms with Crippen molar-refractivity contribution in [3.05, 3.63) is 71.0 Å². The fourth-order valence-corrected chi connectivity index (χ4v) is 4.11. The zero-order chi connectivity index (χ0) is 19.4. The summed E-state index contributed by atoms with van der Waals surface area (Å²) < 4.78 is 27.3. The van der Waals surface area contributed by atoms with E-state index in [1.165, 1.54) is 28.8 Å². The second kappa shape index (κ2) is 7.46. The molecule has 0 saturated heterocycles. The van der Waals surface area contributed by atoms with Crippen LogP contribution >= 0.6 is 0 Å². The van der Waals surface area contributed by atoms with E-state index in [0.29, 0.717) is 11.4 Å². The molecule has 0 aliphatic carbocycles. The average molecular weight is 387 g/mol. The highest BCUT2D eigenvalue weighted by Crippen LogP contribution is 2.32. The molecule has 0 bridgehead atoms. The van der Waals surface area contributed by atoms with Gasteiger partial charge in [-0.25, -0.2) is 8.42 Å². The molecule has 27 heavy (non-hydrogen) atoms. The smallest absolute Gasteiger partial charge is 0.294 e. The Kier molecular flexibility index (Phi) is 5.08. The molecular weight excluding hydrogens is 370 g/mol. The van der Waals surface area contributed by atoms with Gasteiger partial charge in [-0.1, -0.05) is 18.2 Å². The molecule has 0 saturated carbocycles. The maximum absolute atomic E-state index is 13.0. The molecule has 0 unspecified atom stereocenters. The summed E-state index contributed by atoms with van der Waals surface area (Å²) in [5.41, 5.74) is 0.834. The number of sulfonamides is 1. The van der Waals surface area contributed by atoms with Gasteiger partial charge in [-0.2, -0.15) is 5.10 Å². The van der Waals surface area contributed by atoms with Crippen LogP contribution in [0.4, 0.5) is 22.7 Å². The van der Waals surface area contributed by atoms with E-state index in [-0.39, 0.29) is 22.8 Å². The molecule has 0 spiro atoms. The number of aromatic amines is 1. The van der Waals surface area contributed by atoms with Crippen molar-refractivity contribution in [2.24, 2.45) is 0 Å². The van der Waals surface area contributed by atoms with Crippen LogP contribution in [-0.2, 0) is 10.0 Å². The van der Waals surface area contributed by atoms with Crippen molar-refractivity contribution in [3.8, 4) is 0 Å². The monoisotopic (exact) mass is 387 g/mol. The van der Waals surface area contributed by atoms with Gasteiger partial charge in [0, 0.05) is 18.8 Å². The molecule has 140 valence electrons. The van der Waals surface area contributed by atoms with Gasteiger partial charge >= 0.3 is 0 Å². The molecule has 3 aromatic rings. The second-order valence-electron chi connectivity index (χ2n) is 5.55. The van der Waals surface area contributed by atoms with E-state index in [1.54, 1.807) is 37.3 Å². The topological polar surface area (TPSA) is 121 Å². The number of nitro benzene ring substituents is 1. The van der Waals surface area contributed by atoms with E-state index >= 15 is 0 Å². The summed E-state index contributed by atoms with van der Waals surface area (Å²) in [5.74, 6) is 0. The normalized spacial score (nSPS) is 11.1. The van der Waals surface area contributed by atoms with Crippen molar-refractivity contribution in [3.63, 3.8) is 0 Å². The van der Waals surface area contributed by atoms with E-state index in [9.17, 15) is 18.5 Å². The number of hydrogen-bond acceptors (Lipinski definition) is 6. The lowest BCUT2D eigenvalue weighted by Gasteiger charge is -2.23. The van der Waals surface area contributed by atoms with Gasteiger partial charge in [0.1, 0.15) is 5.69 Å². The molecular formula is C17H17N5O4S. The first kappa shape index (κ1) is 18.4. The molecule has 9 nitrogen and oxygen atoms in total. The van der Waals surface area contributed by atoms with Crippen LogP contribution in [0.2, 0.25) is 0 Å². The molecule has 3 rings (SSSR count). The lowest BCUT2D eigenvalue weighted by atomic mass is 10.2. The number of H-pyrrole nitrogens is 1. The third-order valence-electron chi connectivity index (χ3n) is 3.86. The summed E-state index contributed by atoms with van der Waals surface area (Å²) in [6, 6.07) is 12.4. The minimum absolute atomic E-state index is 0.155. The SMILES string of the molecule is CCN(c1ccccc1)S(=O)(=O)c1ccc(Nc2cn[nH]c2)c([N+](=O)[O-])c1. The quantitative estimate of drug-likeness (QED) is 0.474. The van der Waals surface area contributed by atoms with Gasteiger partial charge in [0.15, 0.2) is 0 Å². The molecule has 10 heteroatoms. The fraction of sp³-hybridized carbons (Fsp3) is 0.118. The summed E-state index contributed by atoms with van der Waals surface area (Å²) in [4.78, 5) is 10.7. The third-order valence-corrected chi connectivity index (χ3v) is 5.76. The van der Waals surface area contributed by atoms with Crippen LogP contribution < -0.4 is 9.62 Å². The maximum atomic E-state index is 13.0. The Morgan fingerprint density at radius 3 is 2.56 bits per heavy atom. The van der Waals surface area contributed by atoms with Crippen molar-refractivity contribution in [2.75, 3.05) is 16.2 Å². The summed E-state index contributed by atoms with van der Waals surface area (Å²) in [6.45, 7) is 1.89. The molecule has 0 aliphatic rings. The highest BCUT2D eigenvalue weighted by Gasteiger charge is 2.27. The number of anilines is 3. The Bertz CT molecular complexity index is 1040. The van der Waals surface area contributed by atoms with Crippen molar-refractivity contribution in [1.82, 2.24) is 10.2 Å². The number of benzene rings is 2. The van der Waals surface area contributed by atoms with E-state index < -0.39 is 14.9 Å². The Labute approximate surface area is 155 Å². The molecule has 1 heterocycles. The summed E-state index contributed by atoms with van der Waals surface area (Å²) in [5, 5.41) is 20.7. The Balaban J connectivity index is 2.03. The predicted molar refractivity (Wildman–Crippen MR) is 102 cm³/mol. The number of nitrogens with one attached hydrogen (secondary N) is 2. The Morgan fingerprint density at radius 2 is 1.96 bits per heavy atom. The van der Waals surface area contributed by atoms with E-state index in [1.807, 2.05) is 0 Å². The van der Waals surface area contributed by atoms with Crippen molar-refractivity contribution in [1.29, 1.82) is 0 Å². The molecule has 0 atom stereocenters. The number of rotatable bonds is 7. The van der Waals surface area contributed by atoms with Gasteiger partial charge in [-0.05, 0) is 31.2 Å². The molecule has 1 aromatic heterocycles. The zero-order valence-electron chi connectivity index (χ0n) is 14.4. The zero-order valence-corrected chi connectivity index (χ0v) is 15.2. The first-order valence-electron chi connectivity index (χ1n) is 8.05. The maximum Gasteiger partial charge on any atom is 0.294 e. The number of nitro groups is 1. The number of para-hydroxylation sites is 1. The minimum Gasteiger partial charge on any atom is -0.347 e. The molecule has 0 amide bonds. The lowest BCUT2D eigenvalue weighted by Crippen LogP contribution is -2.30. The van der Waals surface area contributed by atoms with Gasteiger partial charge in [0.25, 0.3) is 15.7 Å². The van der Waals surface area contributed by atoms with Gasteiger partial charge in [0.2, 0.25) is 0 Å². The largest absolute Gasteiger partial charge is 0.347 e.